The number of hydrogen-bond acceptors (Lipinski definition) is 4. The second-order valence-corrected chi connectivity index (χ2v) is 7.92. The lowest BCUT2D eigenvalue weighted by molar-refractivity contribution is 0.0924. The highest BCUT2D eigenvalue weighted by atomic mass is 35.5. The SMILES string of the molecule is O=C(Nc1cnn(Cc2ccccc2Cl)c1)c1cccc(N2C(=O)c3ccccc3C2=O)c1. The summed E-state index contributed by atoms with van der Waals surface area (Å²) in [7, 11) is 0. The minimum Gasteiger partial charge on any atom is -0.319 e. The van der Waals surface area contributed by atoms with E-state index in [4.69, 9.17) is 11.6 Å². The maximum absolute atomic E-state index is 12.8. The number of aromatic nitrogens is 2. The van der Waals surface area contributed by atoms with Crippen LogP contribution in [-0.2, 0) is 6.54 Å². The van der Waals surface area contributed by atoms with Gasteiger partial charge in [-0.2, -0.15) is 5.10 Å². The van der Waals surface area contributed by atoms with Crippen molar-refractivity contribution in [1.82, 2.24) is 9.78 Å². The summed E-state index contributed by atoms with van der Waals surface area (Å²) >= 11 is 6.20. The predicted octanol–water partition coefficient (Wildman–Crippen LogP) is 4.64. The predicted molar refractivity (Wildman–Crippen MR) is 125 cm³/mol. The van der Waals surface area contributed by atoms with Gasteiger partial charge in [-0.05, 0) is 42.0 Å². The highest BCUT2D eigenvalue weighted by Gasteiger charge is 2.36. The van der Waals surface area contributed by atoms with Crippen LogP contribution in [0.2, 0.25) is 5.02 Å². The highest BCUT2D eigenvalue weighted by molar-refractivity contribution is 6.34. The van der Waals surface area contributed by atoms with Gasteiger partial charge < -0.3 is 5.32 Å². The Morgan fingerprint density at radius 3 is 2.33 bits per heavy atom. The van der Waals surface area contributed by atoms with Crippen LogP contribution in [0.5, 0.6) is 0 Å². The first-order valence-corrected chi connectivity index (χ1v) is 10.5. The summed E-state index contributed by atoms with van der Waals surface area (Å²) < 4.78 is 1.67. The number of benzene rings is 3. The summed E-state index contributed by atoms with van der Waals surface area (Å²) in [5.41, 5.74) is 2.77. The molecular formula is C25H17ClN4O3. The van der Waals surface area contributed by atoms with Crippen molar-refractivity contribution in [2.75, 3.05) is 10.2 Å². The summed E-state index contributed by atoms with van der Waals surface area (Å²) in [6, 6.07) is 20.5. The van der Waals surface area contributed by atoms with E-state index in [2.05, 4.69) is 10.4 Å². The molecule has 0 atom stereocenters. The number of nitrogens with one attached hydrogen (secondary N) is 1. The molecular weight excluding hydrogens is 440 g/mol. The Hall–Kier alpha value is -4.23. The van der Waals surface area contributed by atoms with Crippen LogP contribution < -0.4 is 10.2 Å². The first kappa shape index (κ1) is 20.7. The molecule has 0 aliphatic carbocycles. The third-order valence-corrected chi connectivity index (χ3v) is 5.71. The summed E-state index contributed by atoms with van der Waals surface area (Å²) in [6.07, 6.45) is 3.25. The minimum atomic E-state index is -0.408. The van der Waals surface area contributed by atoms with Crippen molar-refractivity contribution >= 4 is 40.7 Å². The molecule has 8 heteroatoms. The summed E-state index contributed by atoms with van der Waals surface area (Å²) in [4.78, 5) is 39.4. The molecule has 33 heavy (non-hydrogen) atoms. The van der Waals surface area contributed by atoms with Gasteiger partial charge in [-0.15, -0.1) is 0 Å². The van der Waals surface area contributed by atoms with Crippen molar-refractivity contribution in [2.24, 2.45) is 0 Å². The number of hydrogen-bond donors (Lipinski definition) is 1. The molecule has 0 bridgehead atoms. The normalized spacial score (nSPS) is 12.7. The monoisotopic (exact) mass is 456 g/mol. The lowest BCUT2D eigenvalue weighted by Gasteiger charge is -2.15. The van der Waals surface area contributed by atoms with Crippen molar-refractivity contribution in [3.05, 3.63) is 112 Å². The zero-order chi connectivity index (χ0) is 22.9. The van der Waals surface area contributed by atoms with E-state index in [-0.39, 0.29) is 5.91 Å². The Bertz CT molecular complexity index is 1380. The number of nitrogens with zero attached hydrogens (tertiary/aromatic N) is 3. The molecule has 0 saturated carbocycles. The number of imide groups is 1. The molecule has 1 N–H and O–H groups in total. The van der Waals surface area contributed by atoms with Crippen LogP contribution in [0.1, 0.15) is 36.6 Å². The van der Waals surface area contributed by atoms with Crippen LogP contribution in [0.4, 0.5) is 11.4 Å². The lowest BCUT2D eigenvalue weighted by atomic mass is 10.1. The molecule has 7 nitrogen and oxygen atoms in total. The van der Waals surface area contributed by atoms with E-state index < -0.39 is 11.8 Å². The Labute approximate surface area is 194 Å². The van der Waals surface area contributed by atoms with E-state index in [0.29, 0.717) is 39.6 Å². The number of anilines is 2. The molecule has 0 fully saturated rings. The van der Waals surface area contributed by atoms with Crippen molar-refractivity contribution in [2.45, 2.75) is 6.54 Å². The first-order valence-electron chi connectivity index (χ1n) is 10.2. The van der Waals surface area contributed by atoms with Crippen LogP contribution in [0.3, 0.4) is 0 Å². The average Bonchev–Trinajstić information content (AvgIpc) is 3.37. The van der Waals surface area contributed by atoms with Gasteiger partial charge in [0.2, 0.25) is 0 Å². The van der Waals surface area contributed by atoms with Gasteiger partial charge in [-0.25, -0.2) is 4.90 Å². The van der Waals surface area contributed by atoms with E-state index in [1.165, 1.54) is 6.07 Å². The van der Waals surface area contributed by atoms with Gasteiger partial charge in [0.05, 0.1) is 35.2 Å². The Balaban J connectivity index is 1.33. The largest absolute Gasteiger partial charge is 0.319 e. The number of halogens is 1. The molecule has 1 aliphatic heterocycles. The number of fused-ring (bicyclic) bond motifs is 1. The van der Waals surface area contributed by atoms with E-state index in [1.807, 2.05) is 24.3 Å². The van der Waals surface area contributed by atoms with E-state index in [0.717, 1.165) is 10.5 Å². The number of carbonyl (C=O) groups is 3. The second-order valence-electron chi connectivity index (χ2n) is 7.51. The topological polar surface area (TPSA) is 84.3 Å². The molecule has 1 aromatic heterocycles. The molecule has 0 saturated heterocycles. The molecule has 4 aromatic rings. The Kier molecular flexibility index (Phi) is 5.24. The quantitative estimate of drug-likeness (QED) is 0.443. The van der Waals surface area contributed by atoms with Crippen molar-refractivity contribution in [1.29, 1.82) is 0 Å². The van der Waals surface area contributed by atoms with Gasteiger partial charge in [-0.3, -0.25) is 19.1 Å². The lowest BCUT2D eigenvalue weighted by Crippen LogP contribution is -2.29. The van der Waals surface area contributed by atoms with Gasteiger partial charge in [-0.1, -0.05) is 48.0 Å². The molecule has 0 radical (unpaired) electrons. The zero-order valence-corrected chi connectivity index (χ0v) is 18.0. The number of amides is 3. The van der Waals surface area contributed by atoms with Crippen molar-refractivity contribution < 1.29 is 14.4 Å². The van der Waals surface area contributed by atoms with E-state index in [9.17, 15) is 14.4 Å². The van der Waals surface area contributed by atoms with Gasteiger partial charge >= 0.3 is 0 Å². The number of rotatable bonds is 5. The molecule has 5 rings (SSSR count). The molecule has 2 heterocycles. The van der Waals surface area contributed by atoms with Crippen LogP contribution in [0.15, 0.2) is 85.2 Å². The first-order chi connectivity index (χ1) is 16.0. The van der Waals surface area contributed by atoms with E-state index >= 15 is 0 Å². The second kappa shape index (κ2) is 8.37. The summed E-state index contributed by atoms with van der Waals surface area (Å²) in [5.74, 6) is -1.20. The zero-order valence-electron chi connectivity index (χ0n) is 17.2. The van der Waals surface area contributed by atoms with E-state index in [1.54, 1.807) is 59.5 Å². The Morgan fingerprint density at radius 1 is 0.909 bits per heavy atom. The van der Waals surface area contributed by atoms with Gasteiger partial charge in [0, 0.05) is 16.8 Å². The third-order valence-electron chi connectivity index (χ3n) is 5.34. The maximum atomic E-state index is 12.8. The smallest absolute Gasteiger partial charge is 0.266 e. The Morgan fingerprint density at radius 2 is 1.61 bits per heavy atom. The van der Waals surface area contributed by atoms with Crippen LogP contribution >= 0.6 is 11.6 Å². The molecule has 162 valence electrons. The molecule has 3 aromatic carbocycles. The molecule has 3 amide bonds. The summed E-state index contributed by atoms with van der Waals surface area (Å²) in [5, 5.41) is 7.70. The minimum absolute atomic E-state index is 0.308. The van der Waals surface area contributed by atoms with Crippen LogP contribution in [0.25, 0.3) is 0 Å². The fourth-order valence-electron chi connectivity index (χ4n) is 3.73. The highest BCUT2D eigenvalue weighted by Crippen LogP contribution is 2.29. The maximum Gasteiger partial charge on any atom is 0.266 e. The van der Waals surface area contributed by atoms with Gasteiger partial charge in [0.15, 0.2) is 0 Å². The fraction of sp³-hybridized carbons (Fsp3) is 0.0400. The molecule has 1 aliphatic rings. The average molecular weight is 457 g/mol. The molecule has 0 spiro atoms. The van der Waals surface area contributed by atoms with Gasteiger partial charge in [0.1, 0.15) is 0 Å². The summed E-state index contributed by atoms with van der Waals surface area (Å²) in [6.45, 7) is 0.463. The third kappa shape index (κ3) is 3.90. The van der Waals surface area contributed by atoms with Crippen molar-refractivity contribution in [3.8, 4) is 0 Å². The van der Waals surface area contributed by atoms with Gasteiger partial charge in [0.25, 0.3) is 17.7 Å². The molecule has 0 unspecified atom stereocenters. The van der Waals surface area contributed by atoms with Crippen LogP contribution in [0, 0.1) is 0 Å². The van der Waals surface area contributed by atoms with Crippen molar-refractivity contribution in [3.63, 3.8) is 0 Å². The standard InChI is InChI=1S/C25H17ClN4O3/c26-22-11-4-1-6-17(22)14-29-15-18(13-27-29)28-23(31)16-7-5-8-19(12-16)30-24(32)20-9-2-3-10-21(20)25(30)33/h1-13,15H,14H2,(H,28,31). The number of carbonyl (C=O) groups excluding carboxylic acids is 3. The van der Waals surface area contributed by atoms with Crippen LogP contribution in [-0.4, -0.2) is 27.5 Å². The fourth-order valence-corrected chi connectivity index (χ4v) is 3.92.